The predicted molar refractivity (Wildman–Crippen MR) is 58.6 cm³/mol. The maximum Gasteiger partial charge on any atom is 0.327 e. The van der Waals surface area contributed by atoms with Crippen molar-refractivity contribution in [1.82, 2.24) is 10.3 Å². The monoisotopic (exact) mass is 242 g/mol. The van der Waals surface area contributed by atoms with Crippen molar-refractivity contribution in [1.29, 1.82) is 0 Å². The smallest absolute Gasteiger partial charge is 0.327 e. The highest BCUT2D eigenvalue weighted by atomic mass is 32.1. The molecule has 6 nitrogen and oxygen atoms in total. The summed E-state index contributed by atoms with van der Waals surface area (Å²) >= 11 is 3.80. The Balaban J connectivity index is 2.75. The molecule has 86 valence electrons. The van der Waals surface area contributed by atoms with E-state index in [-0.39, 0.29) is 17.1 Å². The van der Waals surface area contributed by atoms with Crippen molar-refractivity contribution < 1.29 is 19.8 Å². The number of aliphatic carboxylic acids is 1. The molecule has 16 heavy (non-hydrogen) atoms. The number of amides is 1. The summed E-state index contributed by atoms with van der Waals surface area (Å²) in [6.07, 6.45) is 2.40. The van der Waals surface area contributed by atoms with Crippen LogP contribution in [0.1, 0.15) is 10.4 Å². The molecular weight excluding hydrogens is 232 g/mol. The van der Waals surface area contributed by atoms with Crippen LogP contribution in [0, 0.1) is 0 Å². The quantitative estimate of drug-likeness (QED) is 0.552. The normalized spacial score (nSPS) is 11.8. The Morgan fingerprint density at radius 1 is 1.50 bits per heavy atom. The summed E-state index contributed by atoms with van der Waals surface area (Å²) in [6, 6.07) is 0.123. The lowest BCUT2D eigenvalue weighted by atomic mass is 10.2. The number of rotatable bonds is 4. The largest absolute Gasteiger partial charge is 0.506 e. The number of nitrogens with zero attached hydrogens (tertiary/aromatic N) is 1. The van der Waals surface area contributed by atoms with Crippen molar-refractivity contribution in [2.45, 2.75) is 6.04 Å². The molecule has 0 aliphatic carbocycles. The molecule has 1 aromatic heterocycles. The Bertz CT molecular complexity index is 410. The van der Waals surface area contributed by atoms with Crippen LogP contribution < -0.4 is 5.32 Å². The SMILES string of the molecule is O=C(NC(CS)C(=O)O)c1cncc(O)c1. The van der Waals surface area contributed by atoms with E-state index in [0.717, 1.165) is 0 Å². The van der Waals surface area contributed by atoms with Crippen LogP contribution in [0.5, 0.6) is 5.75 Å². The van der Waals surface area contributed by atoms with Gasteiger partial charge in [0.25, 0.3) is 5.91 Å². The van der Waals surface area contributed by atoms with Crippen molar-refractivity contribution in [2.75, 3.05) is 5.75 Å². The van der Waals surface area contributed by atoms with E-state index in [1.165, 1.54) is 18.5 Å². The third kappa shape index (κ3) is 3.13. The molecule has 3 N–H and O–H groups in total. The van der Waals surface area contributed by atoms with Crippen LogP contribution in [-0.4, -0.2) is 38.9 Å². The van der Waals surface area contributed by atoms with E-state index in [1.807, 2.05) is 0 Å². The molecule has 0 aliphatic rings. The molecule has 0 radical (unpaired) electrons. The number of hydrogen-bond acceptors (Lipinski definition) is 5. The van der Waals surface area contributed by atoms with Crippen LogP contribution in [0.25, 0.3) is 0 Å². The maximum atomic E-state index is 11.5. The first kappa shape index (κ1) is 12.3. The standard InChI is InChI=1S/C9H10N2O4S/c12-6-1-5(2-10-3-6)8(13)11-7(4-16)9(14)15/h1-3,7,12,16H,4H2,(H,11,13)(H,14,15). The van der Waals surface area contributed by atoms with Crippen LogP contribution in [0.15, 0.2) is 18.5 Å². The van der Waals surface area contributed by atoms with E-state index in [9.17, 15) is 9.59 Å². The second-order valence-electron chi connectivity index (χ2n) is 2.98. The maximum absolute atomic E-state index is 11.5. The molecule has 0 fully saturated rings. The second kappa shape index (κ2) is 5.36. The molecule has 1 amide bonds. The summed E-state index contributed by atoms with van der Waals surface area (Å²) in [7, 11) is 0. The highest BCUT2D eigenvalue weighted by molar-refractivity contribution is 7.80. The van der Waals surface area contributed by atoms with E-state index in [2.05, 4.69) is 22.9 Å². The molecule has 1 unspecified atom stereocenters. The zero-order valence-electron chi connectivity index (χ0n) is 8.12. The zero-order valence-corrected chi connectivity index (χ0v) is 9.02. The van der Waals surface area contributed by atoms with Gasteiger partial charge >= 0.3 is 5.97 Å². The van der Waals surface area contributed by atoms with Crippen molar-refractivity contribution in [3.05, 3.63) is 24.0 Å². The molecular formula is C9H10N2O4S. The molecule has 0 aliphatic heterocycles. The third-order valence-electron chi connectivity index (χ3n) is 1.77. The van der Waals surface area contributed by atoms with Gasteiger partial charge in [-0.15, -0.1) is 0 Å². The van der Waals surface area contributed by atoms with Crippen LogP contribution >= 0.6 is 12.6 Å². The molecule has 1 atom stereocenters. The van der Waals surface area contributed by atoms with Crippen LogP contribution in [-0.2, 0) is 4.79 Å². The van der Waals surface area contributed by atoms with Crippen LogP contribution in [0.4, 0.5) is 0 Å². The predicted octanol–water partition coefficient (Wildman–Crippen LogP) is -0.100. The van der Waals surface area contributed by atoms with Crippen molar-refractivity contribution in [3.8, 4) is 5.75 Å². The summed E-state index contributed by atoms with van der Waals surface area (Å²) in [5.74, 6) is -1.97. The Morgan fingerprint density at radius 2 is 2.19 bits per heavy atom. The number of pyridine rings is 1. The lowest BCUT2D eigenvalue weighted by Gasteiger charge is -2.11. The van der Waals surface area contributed by atoms with Gasteiger partial charge < -0.3 is 15.5 Å². The number of carbonyl (C=O) groups is 2. The summed E-state index contributed by atoms with van der Waals surface area (Å²) in [4.78, 5) is 25.8. The summed E-state index contributed by atoms with van der Waals surface area (Å²) < 4.78 is 0. The number of thiol groups is 1. The number of aromatic nitrogens is 1. The first-order chi connectivity index (χ1) is 7.54. The molecule has 1 heterocycles. The average molecular weight is 242 g/mol. The van der Waals surface area contributed by atoms with Gasteiger partial charge in [0.2, 0.25) is 0 Å². The van der Waals surface area contributed by atoms with Crippen LogP contribution in [0.3, 0.4) is 0 Å². The lowest BCUT2D eigenvalue weighted by molar-refractivity contribution is -0.138. The fourth-order valence-corrected chi connectivity index (χ4v) is 1.23. The fraction of sp³-hybridized carbons (Fsp3) is 0.222. The van der Waals surface area contributed by atoms with Gasteiger partial charge in [-0.05, 0) is 6.07 Å². The first-order valence-corrected chi connectivity index (χ1v) is 4.96. The number of carboxylic acids is 1. The minimum atomic E-state index is -1.17. The van der Waals surface area contributed by atoms with Gasteiger partial charge in [0.1, 0.15) is 11.8 Å². The molecule has 0 bridgehead atoms. The van der Waals surface area contributed by atoms with E-state index >= 15 is 0 Å². The average Bonchev–Trinajstić information content (AvgIpc) is 2.25. The number of carboxylic acid groups (broad SMARTS) is 1. The number of hydrogen-bond donors (Lipinski definition) is 4. The van der Waals surface area contributed by atoms with Crippen molar-refractivity contribution in [3.63, 3.8) is 0 Å². The molecule has 1 rings (SSSR count). The summed E-state index contributed by atoms with van der Waals surface area (Å²) in [5, 5.41) is 20.0. The molecule has 0 spiro atoms. The van der Waals surface area contributed by atoms with E-state index in [4.69, 9.17) is 10.2 Å². The molecule has 0 saturated heterocycles. The Labute approximate surface area is 96.7 Å². The van der Waals surface area contributed by atoms with Gasteiger partial charge in [-0.1, -0.05) is 0 Å². The molecule has 0 saturated carbocycles. The van der Waals surface area contributed by atoms with Crippen molar-refractivity contribution >= 4 is 24.5 Å². The van der Waals surface area contributed by atoms with Gasteiger partial charge in [0.15, 0.2) is 0 Å². The van der Waals surface area contributed by atoms with Gasteiger partial charge in [-0.2, -0.15) is 12.6 Å². The third-order valence-corrected chi connectivity index (χ3v) is 2.14. The Morgan fingerprint density at radius 3 is 2.69 bits per heavy atom. The second-order valence-corrected chi connectivity index (χ2v) is 3.34. The topological polar surface area (TPSA) is 99.5 Å². The summed E-state index contributed by atoms with van der Waals surface area (Å²) in [6.45, 7) is 0. The lowest BCUT2D eigenvalue weighted by Crippen LogP contribution is -2.42. The van der Waals surface area contributed by atoms with Crippen molar-refractivity contribution in [2.24, 2.45) is 0 Å². The number of nitrogens with one attached hydrogen (secondary N) is 1. The first-order valence-electron chi connectivity index (χ1n) is 4.33. The summed E-state index contributed by atoms with van der Waals surface area (Å²) in [5.41, 5.74) is 0.0908. The Hall–Kier alpha value is -1.76. The van der Waals surface area contributed by atoms with E-state index in [0.29, 0.717) is 0 Å². The van der Waals surface area contributed by atoms with E-state index < -0.39 is 17.9 Å². The van der Waals surface area contributed by atoms with Crippen LogP contribution in [0.2, 0.25) is 0 Å². The van der Waals surface area contributed by atoms with Gasteiger partial charge in [-0.3, -0.25) is 9.78 Å². The zero-order chi connectivity index (χ0) is 12.1. The highest BCUT2D eigenvalue weighted by Gasteiger charge is 2.19. The Kier molecular flexibility index (Phi) is 4.12. The molecule has 0 aromatic carbocycles. The van der Waals surface area contributed by atoms with Gasteiger partial charge in [-0.25, -0.2) is 4.79 Å². The van der Waals surface area contributed by atoms with Gasteiger partial charge in [0, 0.05) is 11.9 Å². The highest BCUT2D eigenvalue weighted by Crippen LogP contribution is 2.08. The number of carbonyl (C=O) groups excluding carboxylic acids is 1. The van der Waals surface area contributed by atoms with Gasteiger partial charge in [0.05, 0.1) is 11.8 Å². The van der Waals surface area contributed by atoms with E-state index in [1.54, 1.807) is 0 Å². The number of aromatic hydroxyl groups is 1. The minimum Gasteiger partial charge on any atom is -0.506 e. The molecule has 7 heteroatoms. The fourth-order valence-electron chi connectivity index (χ4n) is 0.979. The molecule has 1 aromatic rings. The minimum absolute atomic E-state index is 0.0205.